The van der Waals surface area contributed by atoms with E-state index in [0.717, 1.165) is 23.6 Å². The highest BCUT2D eigenvalue weighted by molar-refractivity contribution is 7.97. The van der Waals surface area contributed by atoms with Crippen LogP contribution in [0.25, 0.3) is 0 Å². The van der Waals surface area contributed by atoms with Crippen LogP contribution in [0.5, 0.6) is 0 Å². The highest BCUT2D eigenvalue weighted by Crippen LogP contribution is 2.13. The number of aromatic amines is 1. The summed E-state index contributed by atoms with van der Waals surface area (Å²) >= 11 is 1.66. The van der Waals surface area contributed by atoms with Gasteiger partial charge in [-0.3, -0.25) is 4.79 Å². The number of imidazole rings is 1. The van der Waals surface area contributed by atoms with E-state index < -0.39 is 0 Å². The Morgan fingerprint density at radius 2 is 2.44 bits per heavy atom. The Balaban J connectivity index is 1.80. The molecule has 5 nitrogen and oxygen atoms in total. The van der Waals surface area contributed by atoms with Crippen LogP contribution in [0, 0.1) is 0 Å². The van der Waals surface area contributed by atoms with Crippen molar-refractivity contribution in [1.82, 2.24) is 15.3 Å². The van der Waals surface area contributed by atoms with Crippen molar-refractivity contribution in [2.24, 2.45) is 0 Å². The predicted molar refractivity (Wildman–Crippen MR) is 70.6 cm³/mol. The zero-order valence-corrected chi connectivity index (χ0v) is 10.9. The van der Waals surface area contributed by atoms with E-state index >= 15 is 0 Å². The lowest BCUT2D eigenvalue weighted by atomic mass is 10.3. The van der Waals surface area contributed by atoms with E-state index in [0.29, 0.717) is 12.3 Å². The van der Waals surface area contributed by atoms with Gasteiger partial charge in [-0.25, -0.2) is 4.98 Å². The molecule has 0 spiro atoms. The molecule has 0 radical (unpaired) electrons. The van der Waals surface area contributed by atoms with Gasteiger partial charge < -0.3 is 14.7 Å². The SMILES string of the molecule is CSCc1ccc(C(=O)NCCc2cnc[nH]2)o1. The topological polar surface area (TPSA) is 70.9 Å². The van der Waals surface area contributed by atoms with E-state index in [-0.39, 0.29) is 5.91 Å². The molecule has 2 rings (SSSR count). The molecule has 1 amide bonds. The van der Waals surface area contributed by atoms with Gasteiger partial charge in [-0.05, 0) is 18.4 Å². The van der Waals surface area contributed by atoms with Gasteiger partial charge >= 0.3 is 0 Å². The van der Waals surface area contributed by atoms with Crippen molar-refractivity contribution in [3.63, 3.8) is 0 Å². The van der Waals surface area contributed by atoms with Gasteiger partial charge in [0.2, 0.25) is 0 Å². The third-order valence-corrected chi connectivity index (χ3v) is 2.98. The number of furan rings is 1. The van der Waals surface area contributed by atoms with E-state index in [1.807, 2.05) is 12.3 Å². The summed E-state index contributed by atoms with van der Waals surface area (Å²) in [5, 5.41) is 2.81. The van der Waals surface area contributed by atoms with E-state index in [9.17, 15) is 4.79 Å². The molecule has 0 aliphatic rings. The number of H-pyrrole nitrogens is 1. The molecule has 2 aromatic rings. The molecule has 96 valence electrons. The van der Waals surface area contributed by atoms with Gasteiger partial charge in [-0.15, -0.1) is 0 Å². The molecule has 0 aromatic carbocycles. The number of carbonyl (C=O) groups is 1. The van der Waals surface area contributed by atoms with Crippen LogP contribution < -0.4 is 5.32 Å². The first-order chi connectivity index (χ1) is 8.79. The van der Waals surface area contributed by atoms with Gasteiger partial charge in [0.05, 0.1) is 12.1 Å². The minimum atomic E-state index is -0.179. The Bertz CT molecular complexity index is 493. The molecule has 0 aliphatic carbocycles. The van der Waals surface area contributed by atoms with Crippen LogP contribution in [0.2, 0.25) is 0 Å². The number of rotatable bonds is 6. The number of nitrogens with zero attached hydrogens (tertiary/aromatic N) is 1. The lowest BCUT2D eigenvalue weighted by Gasteiger charge is -2.01. The van der Waals surface area contributed by atoms with Crippen LogP contribution in [-0.4, -0.2) is 28.7 Å². The van der Waals surface area contributed by atoms with Gasteiger partial charge in [-0.1, -0.05) is 0 Å². The number of nitrogens with one attached hydrogen (secondary N) is 2. The Kier molecular flexibility index (Phi) is 4.46. The molecule has 0 saturated carbocycles. The van der Waals surface area contributed by atoms with Crippen molar-refractivity contribution in [3.05, 3.63) is 41.9 Å². The number of hydrogen-bond donors (Lipinski definition) is 2. The van der Waals surface area contributed by atoms with Crippen LogP contribution in [0.15, 0.2) is 29.1 Å². The molecular weight excluding hydrogens is 250 g/mol. The van der Waals surface area contributed by atoms with Crippen molar-refractivity contribution in [2.75, 3.05) is 12.8 Å². The van der Waals surface area contributed by atoms with E-state index in [1.54, 1.807) is 30.4 Å². The van der Waals surface area contributed by atoms with Crippen molar-refractivity contribution < 1.29 is 9.21 Å². The number of thioether (sulfide) groups is 1. The summed E-state index contributed by atoms with van der Waals surface area (Å²) in [5.41, 5.74) is 0.998. The average molecular weight is 265 g/mol. The fourth-order valence-electron chi connectivity index (χ4n) is 1.54. The molecule has 18 heavy (non-hydrogen) atoms. The smallest absolute Gasteiger partial charge is 0.287 e. The Morgan fingerprint density at radius 1 is 1.56 bits per heavy atom. The molecule has 0 unspecified atom stereocenters. The lowest BCUT2D eigenvalue weighted by Crippen LogP contribution is -2.25. The van der Waals surface area contributed by atoms with E-state index in [1.165, 1.54) is 0 Å². The minimum Gasteiger partial charge on any atom is -0.455 e. The monoisotopic (exact) mass is 265 g/mol. The van der Waals surface area contributed by atoms with Gasteiger partial charge in [0.15, 0.2) is 5.76 Å². The number of carbonyl (C=O) groups excluding carboxylic acids is 1. The summed E-state index contributed by atoms with van der Waals surface area (Å²) in [6.07, 6.45) is 6.09. The normalized spacial score (nSPS) is 10.5. The van der Waals surface area contributed by atoms with Crippen molar-refractivity contribution in [3.8, 4) is 0 Å². The van der Waals surface area contributed by atoms with Crippen LogP contribution in [0.3, 0.4) is 0 Å². The van der Waals surface area contributed by atoms with Gasteiger partial charge in [-0.2, -0.15) is 11.8 Å². The summed E-state index contributed by atoms with van der Waals surface area (Å²) in [4.78, 5) is 18.6. The molecule has 2 aromatic heterocycles. The van der Waals surface area contributed by atoms with Crippen LogP contribution in [0.4, 0.5) is 0 Å². The van der Waals surface area contributed by atoms with Crippen molar-refractivity contribution in [1.29, 1.82) is 0 Å². The van der Waals surface area contributed by atoms with Crippen molar-refractivity contribution in [2.45, 2.75) is 12.2 Å². The predicted octanol–water partition coefficient (Wildman–Crippen LogP) is 1.84. The maximum atomic E-state index is 11.8. The average Bonchev–Trinajstić information content (AvgIpc) is 3.00. The minimum absolute atomic E-state index is 0.179. The summed E-state index contributed by atoms with van der Waals surface area (Å²) in [7, 11) is 0. The largest absolute Gasteiger partial charge is 0.455 e. The molecule has 0 saturated heterocycles. The number of hydrogen-bond acceptors (Lipinski definition) is 4. The third kappa shape index (κ3) is 3.40. The molecule has 0 bridgehead atoms. The second-order valence-corrected chi connectivity index (χ2v) is 4.65. The molecular formula is C12H15N3O2S. The highest BCUT2D eigenvalue weighted by atomic mass is 32.2. The maximum Gasteiger partial charge on any atom is 0.287 e. The third-order valence-electron chi connectivity index (χ3n) is 2.41. The first kappa shape index (κ1) is 12.8. The fraction of sp³-hybridized carbons (Fsp3) is 0.333. The molecule has 0 aliphatic heterocycles. The lowest BCUT2D eigenvalue weighted by molar-refractivity contribution is 0.0925. The molecule has 6 heteroatoms. The van der Waals surface area contributed by atoms with Crippen LogP contribution in [-0.2, 0) is 12.2 Å². The first-order valence-corrected chi connectivity index (χ1v) is 7.02. The quantitative estimate of drug-likeness (QED) is 0.836. The second kappa shape index (κ2) is 6.30. The Labute approximate surface area is 109 Å². The highest BCUT2D eigenvalue weighted by Gasteiger charge is 2.10. The molecule has 2 heterocycles. The zero-order valence-electron chi connectivity index (χ0n) is 10.1. The van der Waals surface area contributed by atoms with Gasteiger partial charge in [0, 0.05) is 24.9 Å². The van der Waals surface area contributed by atoms with E-state index in [2.05, 4.69) is 15.3 Å². The first-order valence-electron chi connectivity index (χ1n) is 5.62. The van der Waals surface area contributed by atoms with E-state index in [4.69, 9.17) is 4.42 Å². The fourth-order valence-corrected chi connectivity index (χ4v) is 1.98. The molecule has 0 fully saturated rings. The van der Waals surface area contributed by atoms with Crippen LogP contribution in [0.1, 0.15) is 22.0 Å². The summed E-state index contributed by atoms with van der Waals surface area (Å²) < 4.78 is 5.42. The summed E-state index contributed by atoms with van der Waals surface area (Å²) in [5.74, 6) is 1.79. The Hall–Kier alpha value is -1.69. The Morgan fingerprint density at radius 3 is 3.17 bits per heavy atom. The van der Waals surface area contributed by atoms with Gasteiger partial charge in [0.1, 0.15) is 5.76 Å². The van der Waals surface area contributed by atoms with Gasteiger partial charge in [0.25, 0.3) is 5.91 Å². The summed E-state index contributed by atoms with van der Waals surface area (Å²) in [6, 6.07) is 3.54. The second-order valence-electron chi connectivity index (χ2n) is 3.78. The summed E-state index contributed by atoms with van der Waals surface area (Å²) in [6.45, 7) is 0.555. The number of amides is 1. The molecule has 2 N–H and O–H groups in total. The maximum absolute atomic E-state index is 11.8. The van der Waals surface area contributed by atoms with Crippen LogP contribution >= 0.6 is 11.8 Å². The zero-order chi connectivity index (χ0) is 12.8. The van der Waals surface area contributed by atoms with Crippen molar-refractivity contribution >= 4 is 17.7 Å². The standard InChI is InChI=1S/C12H15N3O2S/c1-18-7-10-2-3-11(17-10)12(16)14-5-4-9-6-13-8-15-9/h2-3,6,8H,4-5,7H2,1H3,(H,13,15)(H,14,16). The molecule has 0 atom stereocenters. The number of aromatic nitrogens is 2.